The van der Waals surface area contributed by atoms with Gasteiger partial charge >= 0.3 is 18.6 Å². The average molecular weight is 368 g/mol. The Balaban J connectivity index is 1.47. The van der Waals surface area contributed by atoms with Gasteiger partial charge in [0.1, 0.15) is 5.75 Å². The molecule has 3 aliphatic rings. The van der Waals surface area contributed by atoms with Crippen LogP contribution in [0.15, 0.2) is 24.3 Å². The third-order valence-electron chi connectivity index (χ3n) is 4.60. The Bertz CT molecular complexity index is 666. The highest BCUT2D eigenvalue weighted by Crippen LogP contribution is 2.73. The van der Waals surface area contributed by atoms with Gasteiger partial charge in [0.15, 0.2) is 0 Å². The van der Waals surface area contributed by atoms with Crippen LogP contribution in [0.25, 0.3) is 0 Å². The number of carbonyl (C=O) groups is 1. The zero-order chi connectivity index (χ0) is 18.5. The molecule has 4 nitrogen and oxygen atoms in total. The van der Waals surface area contributed by atoms with E-state index in [0.717, 1.165) is 12.1 Å². The summed E-state index contributed by atoms with van der Waals surface area (Å²) in [7, 11) is 0. The molecule has 0 unspecified atom stereocenters. The minimum absolute atomic E-state index is 0.0820. The lowest BCUT2D eigenvalue weighted by molar-refractivity contribution is -0.336. The molecule has 0 aromatic heterocycles. The number of halogens is 6. The van der Waals surface area contributed by atoms with Crippen molar-refractivity contribution in [3.63, 3.8) is 0 Å². The fourth-order valence-electron chi connectivity index (χ4n) is 3.54. The first kappa shape index (κ1) is 17.7. The number of ether oxygens (including phenoxy) is 1. The van der Waals surface area contributed by atoms with Gasteiger partial charge in [-0.1, -0.05) is 12.1 Å². The van der Waals surface area contributed by atoms with Gasteiger partial charge in [-0.15, -0.1) is 13.2 Å². The number of benzene rings is 1. The summed E-state index contributed by atoms with van der Waals surface area (Å²) in [5.74, 6) is -0.418. The minimum atomic E-state index is -4.82. The van der Waals surface area contributed by atoms with Gasteiger partial charge in [0, 0.05) is 12.1 Å². The van der Waals surface area contributed by atoms with E-state index < -0.39 is 35.3 Å². The molecule has 25 heavy (non-hydrogen) atoms. The summed E-state index contributed by atoms with van der Waals surface area (Å²) in [6, 6.07) is 4.41. The van der Waals surface area contributed by atoms with E-state index >= 15 is 0 Å². The number of hydrogen-bond acceptors (Lipinski definition) is 2. The predicted molar refractivity (Wildman–Crippen MR) is 73.6 cm³/mol. The first-order valence-electron chi connectivity index (χ1n) is 7.40. The number of hydrogen-bond donors (Lipinski definition) is 2. The molecule has 0 atom stereocenters. The van der Waals surface area contributed by atoms with Crippen LogP contribution in [0.5, 0.6) is 5.75 Å². The van der Waals surface area contributed by atoms with Crippen molar-refractivity contribution < 1.29 is 35.9 Å². The highest BCUT2D eigenvalue weighted by molar-refractivity contribution is 5.75. The fourth-order valence-corrected chi connectivity index (χ4v) is 3.54. The van der Waals surface area contributed by atoms with Crippen LogP contribution in [-0.4, -0.2) is 24.1 Å². The summed E-state index contributed by atoms with van der Waals surface area (Å²) < 4.78 is 78.4. The predicted octanol–water partition coefficient (Wildman–Crippen LogP) is 3.87. The summed E-state index contributed by atoms with van der Waals surface area (Å²) >= 11 is 0. The largest absolute Gasteiger partial charge is 0.573 e. The Hall–Kier alpha value is -2.13. The lowest BCUT2D eigenvalue weighted by Crippen LogP contribution is -2.79. The standard InChI is InChI=1S/C15H14F6N2O2/c16-14(17,18)12-6-13(7-12,8-12)23-11(24)22-5-9-2-1-3-10(4-9)25-15(19,20)21/h1-4H,5-8H2,(H2,22,23,24). The van der Waals surface area contributed by atoms with Gasteiger partial charge in [-0.05, 0) is 37.0 Å². The number of alkyl halides is 6. The zero-order valence-electron chi connectivity index (χ0n) is 12.7. The lowest BCUT2D eigenvalue weighted by atomic mass is 9.39. The van der Waals surface area contributed by atoms with Crippen molar-refractivity contribution in [3.05, 3.63) is 29.8 Å². The van der Waals surface area contributed by atoms with E-state index in [9.17, 15) is 31.1 Å². The molecule has 2 amide bonds. The molecule has 3 saturated carbocycles. The number of rotatable bonds is 4. The van der Waals surface area contributed by atoms with Crippen molar-refractivity contribution in [2.24, 2.45) is 5.41 Å². The highest BCUT2D eigenvalue weighted by Gasteiger charge is 2.79. The molecule has 0 radical (unpaired) electrons. The first-order valence-corrected chi connectivity index (χ1v) is 7.40. The van der Waals surface area contributed by atoms with E-state index in [-0.39, 0.29) is 25.8 Å². The molecule has 0 saturated heterocycles. The van der Waals surface area contributed by atoms with E-state index in [1.807, 2.05) is 0 Å². The monoisotopic (exact) mass is 368 g/mol. The number of nitrogens with one attached hydrogen (secondary N) is 2. The van der Waals surface area contributed by atoms with Gasteiger partial charge in [0.05, 0.1) is 5.41 Å². The smallest absolute Gasteiger partial charge is 0.406 e. The van der Waals surface area contributed by atoms with Crippen LogP contribution in [0, 0.1) is 5.41 Å². The van der Waals surface area contributed by atoms with Crippen LogP contribution in [0.2, 0.25) is 0 Å². The minimum Gasteiger partial charge on any atom is -0.406 e. The van der Waals surface area contributed by atoms with Gasteiger partial charge in [-0.25, -0.2) is 4.79 Å². The highest BCUT2D eigenvalue weighted by atomic mass is 19.4. The van der Waals surface area contributed by atoms with E-state index in [0.29, 0.717) is 5.56 Å². The van der Waals surface area contributed by atoms with Gasteiger partial charge in [0.2, 0.25) is 0 Å². The van der Waals surface area contributed by atoms with E-state index in [1.54, 1.807) is 0 Å². The van der Waals surface area contributed by atoms with Crippen molar-refractivity contribution in [1.82, 2.24) is 10.6 Å². The summed E-state index contributed by atoms with van der Waals surface area (Å²) in [5.41, 5.74) is -2.12. The third kappa shape index (κ3) is 3.47. The summed E-state index contributed by atoms with van der Waals surface area (Å²) in [4.78, 5) is 11.8. The Kier molecular flexibility index (Phi) is 3.84. The van der Waals surface area contributed by atoms with Crippen LogP contribution in [-0.2, 0) is 6.54 Å². The Morgan fingerprint density at radius 1 is 1.12 bits per heavy atom. The second-order valence-corrected chi connectivity index (χ2v) is 6.59. The van der Waals surface area contributed by atoms with Crippen molar-refractivity contribution in [2.75, 3.05) is 0 Å². The van der Waals surface area contributed by atoms with Crippen molar-refractivity contribution in [3.8, 4) is 5.75 Å². The maximum atomic E-state index is 12.7. The van der Waals surface area contributed by atoms with Crippen molar-refractivity contribution in [1.29, 1.82) is 0 Å². The quantitative estimate of drug-likeness (QED) is 0.793. The fraction of sp³-hybridized carbons (Fsp3) is 0.533. The molecule has 0 aliphatic heterocycles. The second-order valence-electron chi connectivity index (χ2n) is 6.59. The Morgan fingerprint density at radius 2 is 1.76 bits per heavy atom. The Morgan fingerprint density at radius 3 is 2.32 bits per heavy atom. The molecular weight excluding hydrogens is 354 g/mol. The van der Waals surface area contributed by atoms with Crippen molar-refractivity contribution in [2.45, 2.75) is 43.9 Å². The molecule has 3 aliphatic carbocycles. The van der Waals surface area contributed by atoms with Gasteiger partial charge in [0.25, 0.3) is 0 Å². The maximum Gasteiger partial charge on any atom is 0.573 e. The maximum absolute atomic E-state index is 12.7. The van der Waals surface area contributed by atoms with Crippen LogP contribution in [0.1, 0.15) is 24.8 Å². The topological polar surface area (TPSA) is 50.4 Å². The van der Waals surface area contributed by atoms with Gasteiger partial charge < -0.3 is 15.4 Å². The van der Waals surface area contributed by atoms with E-state index in [1.165, 1.54) is 12.1 Å². The Labute approximate surface area is 138 Å². The molecule has 0 heterocycles. The number of amides is 2. The van der Waals surface area contributed by atoms with E-state index in [4.69, 9.17) is 0 Å². The molecule has 2 bridgehead atoms. The van der Waals surface area contributed by atoms with Crippen LogP contribution in [0.4, 0.5) is 31.1 Å². The molecule has 10 heteroatoms. The van der Waals surface area contributed by atoms with Gasteiger partial charge in [-0.3, -0.25) is 0 Å². The normalized spacial score (nSPS) is 27.8. The average Bonchev–Trinajstić information content (AvgIpc) is 2.36. The van der Waals surface area contributed by atoms with Crippen LogP contribution in [0.3, 0.4) is 0 Å². The molecule has 0 spiro atoms. The molecule has 1 aromatic carbocycles. The third-order valence-corrected chi connectivity index (χ3v) is 4.60. The molecule has 138 valence electrons. The first-order chi connectivity index (χ1) is 11.4. The second kappa shape index (κ2) is 5.43. The van der Waals surface area contributed by atoms with Gasteiger partial charge in [-0.2, -0.15) is 13.2 Å². The summed E-state index contributed by atoms with van der Waals surface area (Å²) in [5, 5.41) is 4.94. The van der Waals surface area contributed by atoms with Crippen LogP contribution >= 0.6 is 0 Å². The summed E-state index contributed by atoms with van der Waals surface area (Å²) in [6.07, 6.45) is -9.47. The summed E-state index contributed by atoms with van der Waals surface area (Å²) in [6.45, 7) is -0.0820. The molecule has 2 N–H and O–H groups in total. The zero-order valence-corrected chi connectivity index (χ0v) is 12.7. The molecule has 4 rings (SSSR count). The SMILES string of the molecule is O=C(NCc1cccc(OC(F)(F)F)c1)NC12CC(C(F)(F)F)(C1)C2. The molecule has 3 fully saturated rings. The molecule has 1 aromatic rings. The lowest BCUT2D eigenvalue weighted by Gasteiger charge is -2.70. The number of carbonyl (C=O) groups excluding carboxylic acids is 1. The van der Waals surface area contributed by atoms with E-state index in [2.05, 4.69) is 15.4 Å². The number of urea groups is 1. The molecular formula is C15H14F6N2O2. The van der Waals surface area contributed by atoms with Crippen molar-refractivity contribution >= 4 is 6.03 Å². The van der Waals surface area contributed by atoms with Crippen LogP contribution < -0.4 is 15.4 Å².